The van der Waals surface area contributed by atoms with Crippen LogP contribution in [0.25, 0.3) is 0 Å². The first-order valence-corrected chi connectivity index (χ1v) is 7.50. The van der Waals surface area contributed by atoms with Gasteiger partial charge in [0.1, 0.15) is 5.75 Å². The molecule has 0 aromatic heterocycles. The Balaban J connectivity index is 1.88. The summed E-state index contributed by atoms with van der Waals surface area (Å²) in [6, 6.07) is 17.6. The molecule has 0 saturated carbocycles. The number of carbonyl (C=O) groups excluding carboxylic acids is 1. The first kappa shape index (κ1) is 16.0. The Bertz CT molecular complexity index is 599. The fourth-order valence-electron chi connectivity index (χ4n) is 2.15. The predicted octanol–water partition coefficient (Wildman–Crippen LogP) is 3.37. The lowest BCUT2D eigenvalue weighted by atomic mass is 10.1. The number of hydrogen-bond acceptors (Lipinski definition) is 3. The molecule has 4 nitrogen and oxygen atoms in total. The van der Waals surface area contributed by atoms with E-state index in [1.165, 1.54) is 0 Å². The third-order valence-electron chi connectivity index (χ3n) is 3.33. The summed E-state index contributed by atoms with van der Waals surface area (Å²) in [6.07, 6.45) is 0. The van der Waals surface area contributed by atoms with Gasteiger partial charge in [0, 0.05) is 6.04 Å². The van der Waals surface area contributed by atoms with E-state index in [1.807, 2.05) is 68.4 Å². The summed E-state index contributed by atoms with van der Waals surface area (Å²) in [6.45, 7) is 4.77. The molecule has 0 heterocycles. The van der Waals surface area contributed by atoms with Gasteiger partial charge in [0.2, 0.25) is 5.91 Å². The van der Waals surface area contributed by atoms with Gasteiger partial charge >= 0.3 is 0 Å². The topological polar surface area (TPSA) is 50.4 Å². The molecule has 0 aliphatic carbocycles. The van der Waals surface area contributed by atoms with Crippen molar-refractivity contribution in [2.24, 2.45) is 0 Å². The van der Waals surface area contributed by atoms with Gasteiger partial charge in [-0.15, -0.1) is 0 Å². The minimum atomic E-state index is -0.0880. The highest BCUT2D eigenvalue weighted by atomic mass is 16.5. The maximum absolute atomic E-state index is 12.1. The molecule has 2 rings (SSSR count). The second-order valence-corrected chi connectivity index (χ2v) is 4.99. The standard InChI is InChI=1S/C18H22N2O2/c1-3-22-17-12-8-7-11-16(17)20-18(21)13-19-14(2)15-9-5-4-6-10-15/h4-12,14,19H,3,13H2,1-2H3,(H,20,21)/t14-/m0/s1. The Morgan fingerprint density at radius 2 is 1.77 bits per heavy atom. The highest BCUT2D eigenvalue weighted by molar-refractivity contribution is 5.93. The molecule has 0 radical (unpaired) electrons. The molecule has 2 N–H and O–H groups in total. The average molecular weight is 298 g/mol. The molecule has 116 valence electrons. The maximum Gasteiger partial charge on any atom is 0.238 e. The first-order chi connectivity index (χ1) is 10.7. The number of rotatable bonds is 7. The normalized spacial score (nSPS) is 11.7. The van der Waals surface area contributed by atoms with Gasteiger partial charge in [-0.25, -0.2) is 0 Å². The zero-order valence-corrected chi connectivity index (χ0v) is 13.0. The minimum absolute atomic E-state index is 0.0880. The van der Waals surface area contributed by atoms with Crippen LogP contribution in [0.1, 0.15) is 25.5 Å². The van der Waals surface area contributed by atoms with E-state index in [4.69, 9.17) is 4.74 Å². The van der Waals surface area contributed by atoms with Gasteiger partial charge in [-0.1, -0.05) is 42.5 Å². The van der Waals surface area contributed by atoms with Crippen LogP contribution in [0.2, 0.25) is 0 Å². The van der Waals surface area contributed by atoms with Gasteiger partial charge in [-0.2, -0.15) is 0 Å². The van der Waals surface area contributed by atoms with Crippen LogP contribution in [0.5, 0.6) is 5.75 Å². The van der Waals surface area contributed by atoms with Crippen LogP contribution in [0, 0.1) is 0 Å². The Hall–Kier alpha value is -2.33. The summed E-state index contributed by atoms with van der Waals surface area (Å²) < 4.78 is 5.50. The van der Waals surface area contributed by atoms with E-state index in [9.17, 15) is 4.79 Å². The van der Waals surface area contributed by atoms with Crippen LogP contribution in [-0.4, -0.2) is 19.1 Å². The second kappa shape index (κ2) is 8.20. The number of benzene rings is 2. The fourth-order valence-corrected chi connectivity index (χ4v) is 2.15. The third kappa shape index (κ3) is 4.60. The van der Waals surface area contributed by atoms with Crippen LogP contribution in [0.4, 0.5) is 5.69 Å². The number of ether oxygens (including phenoxy) is 1. The predicted molar refractivity (Wildman–Crippen MR) is 89.1 cm³/mol. The number of amides is 1. The molecule has 4 heteroatoms. The molecule has 0 fully saturated rings. The Morgan fingerprint density at radius 3 is 2.50 bits per heavy atom. The molecule has 0 spiro atoms. The molecule has 2 aromatic carbocycles. The third-order valence-corrected chi connectivity index (χ3v) is 3.33. The van der Waals surface area contributed by atoms with Crippen molar-refractivity contribution in [1.29, 1.82) is 0 Å². The van der Waals surface area contributed by atoms with E-state index >= 15 is 0 Å². The summed E-state index contributed by atoms with van der Waals surface area (Å²) in [4.78, 5) is 12.1. The Labute approximate surface area is 131 Å². The van der Waals surface area contributed by atoms with Crippen molar-refractivity contribution in [3.05, 3.63) is 60.2 Å². The largest absolute Gasteiger partial charge is 0.492 e. The van der Waals surface area contributed by atoms with Crippen molar-refractivity contribution >= 4 is 11.6 Å². The zero-order chi connectivity index (χ0) is 15.8. The van der Waals surface area contributed by atoms with E-state index in [0.717, 1.165) is 5.56 Å². The minimum Gasteiger partial charge on any atom is -0.492 e. The summed E-state index contributed by atoms with van der Waals surface area (Å²) in [5.41, 5.74) is 1.86. The zero-order valence-electron chi connectivity index (χ0n) is 13.0. The van der Waals surface area contributed by atoms with Crippen LogP contribution < -0.4 is 15.4 Å². The molecular formula is C18H22N2O2. The summed E-state index contributed by atoms with van der Waals surface area (Å²) in [5, 5.41) is 6.09. The quantitative estimate of drug-likeness (QED) is 0.824. The molecule has 0 aliphatic rings. The summed E-state index contributed by atoms with van der Waals surface area (Å²) >= 11 is 0. The monoisotopic (exact) mass is 298 g/mol. The van der Waals surface area contributed by atoms with Gasteiger partial charge < -0.3 is 15.4 Å². The SMILES string of the molecule is CCOc1ccccc1NC(=O)CN[C@@H](C)c1ccccc1. The molecule has 22 heavy (non-hydrogen) atoms. The van der Waals surface area contributed by atoms with Gasteiger partial charge in [0.05, 0.1) is 18.8 Å². The molecule has 0 aliphatic heterocycles. The van der Waals surface area contributed by atoms with E-state index in [-0.39, 0.29) is 18.5 Å². The molecule has 0 unspecified atom stereocenters. The van der Waals surface area contributed by atoms with E-state index < -0.39 is 0 Å². The van der Waals surface area contributed by atoms with Crippen molar-refractivity contribution in [2.75, 3.05) is 18.5 Å². The molecule has 1 amide bonds. The van der Waals surface area contributed by atoms with Crippen molar-refractivity contribution < 1.29 is 9.53 Å². The molecule has 1 atom stereocenters. The smallest absolute Gasteiger partial charge is 0.238 e. The van der Waals surface area contributed by atoms with E-state index in [1.54, 1.807) is 0 Å². The van der Waals surface area contributed by atoms with Crippen molar-refractivity contribution in [3.8, 4) is 5.75 Å². The first-order valence-electron chi connectivity index (χ1n) is 7.50. The van der Waals surface area contributed by atoms with Gasteiger partial charge in [0.15, 0.2) is 0 Å². The van der Waals surface area contributed by atoms with Crippen molar-refractivity contribution in [3.63, 3.8) is 0 Å². The number of carbonyl (C=O) groups is 1. The molecular weight excluding hydrogens is 276 g/mol. The van der Waals surface area contributed by atoms with Gasteiger partial charge in [-0.05, 0) is 31.5 Å². The highest BCUT2D eigenvalue weighted by Gasteiger charge is 2.09. The lowest BCUT2D eigenvalue weighted by molar-refractivity contribution is -0.115. The summed E-state index contributed by atoms with van der Waals surface area (Å²) in [5.74, 6) is 0.601. The Kier molecular flexibility index (Phi) is 5.98. The second-order valence-electron chi connectivity index (χ2n) is 4.99. The van der Waals surface area contributed by atoms with E-state index in [2.05, 4.69) is 10.6 Å². The lowest BCUT2D eigenvalue weighted by Crippen LogP contribution is -2.30. The van der Waals surface area contributed by atoms with Crippen molar-refractivity contribution in [1.82, 2.24) is 5.32 Å². The van der Waals surface area contributed by atoms with Crippen molar-refractivity contribution in [2.45, 2.75) is 19.9 Å². The number of anilines is 1. The highest BCUT2D eigenvalue weighted by Crippen LogP contribution is 2.23. The molecule has 0 bridgehead atoms. The van der Waals surface area contributed by atoms with Crippen LogP contribution >= 0.6 is 0 Å². The lowest BCUT2D eigenvalue weighted by Gasteiger charge is -2.15. The maximum atomic E-state index is 12.1. The number of hydrogen-bond donors (Lipinski definition) is 2. The number of para-hydroxylation sites is 2. The van der Waals surface area contributed by atoms with Gasteiger partial charge in [-0.3, -0.25) is 4.79 Å². The van der Waals surface area contributed by atoms with Crippen LogP contribution in [0.15, 0.2) is 54.6 Å². The van der Waals surface area contributed by atoms with Crippen LogP contribution in [0.3, 0.4) is 0 Å². The van der Waals surface area contributed by atoms with Gasteiger partial charge in [0.25, 0.3) is 0 Å². The van der Waals surface area contributed by atoms with Crippen LogP contribution in [-0.2, 0) is 4.79 Å². The van der Waals surface area contributed by atoms with E-state index in [0.29, 0.717) is 18.0 Å². The summed E-state index contributed by atoms with van der Waals surface area (Å²) in [7, 11) is 0. The molecule has 2 aromatic rings. The Morgan fingerprint density at radius 1 is 1.09 bits per heavy atom. The molecule has 0 saturated heterocycles. The average Bonchev–Trinajstić information content (AvgIpc) is 2.55. The number of nitrogens with one attached hydrogen (secondary N) is 2. The fraction of sp³-hybridized carbons (Fsp3) is 0.278.